The van der Waals surface area contributed by atoms with E-state index in [9.17, 15) is 18.0 Å². The van der Waals surface area contributed by atoms with Crippen molar-refractivity contribution in [2.45, 2.75) is 13.3 Å². The summed E-state index contributed by atoms with van der Waals surface area (Å²) in [6, 6.07) is 16.9. The first-order valence-corrected chi connectivity index (χ1v) is 13.9. The second-order valence-electron chi connectivity index (χ2n) is 8.44. The van der Waals surface area contributed by atoms with E-state index in [2.05, 4.69) is 10.6 Å². The Bertz CT molecular complexity index is 1430. The number of carbonyl (C=O) groups is 2. The number of benzene rings is 3. The highest BCUT2D eigenvalue weighted by Gasteiger charge is 2.24. The normalized spacial score (nSPS) is 11.0. The van der Waals surface area contributed by atoms with Crippen molar-refractivity contribution in [2.24, 2.45) is 0 Å². The Hall–Kier alpha value is -3.76. The Morgan fingerprint density at radius 2 is 1.68 bits per heavy atom. The van der Waals surface area contributed by atoms with Crippen LogP contribution in [-0.4, -0.2) is 53.8 Å². The van der Waals surface area contributed by atoms with Crippen LogP contribution in [0.4, 0.5) is 11.4 Å². The van der Waals surface area contributed by atoms with Crippen molar-refractivity contribution >= 4 is 44.8 Å². The molecule has 0 unspecified atom stereocenters. The average molecular weight is 560 g/mol. The molecule has 3 aromatic carbocycles. The van der Waals surface area contributed by atoms with Crippen LogP contribution in [0.1, 0.15) is 21.5 Å². The van der Waals surface area contributed by atoms with Crippen LogP contribution in [0.15, 0.2) is 60.7 Å². The van der Waals surface area contributed by atoms with Gasteiger partial charge in [-0.3, -0.25) is 13.9 Å². The molecule has 202 valence electrons. The van der Waals surface area contributed by atoms with E-state index in [4.69, 9.17) is 21.1 Å². The minimum atomic E-state index is -3.80. The van der Waals surface area contributed by atoms with Crippen LogP contribution in [0.25, 0.3) is 0 Å². The Labute approximate surface area is 227 Å². The lowest BCUT2D eigenvalue weighted by Gasteiger charge is -2.24. The van der Waals surface area contributed by atoms with E-state index in [-0.39, 0.29) is 17.2 Å². The molecule has 0 aliphatic heterocycles. The van der Waals surface area contributed by atoms with Gasteiger partial charge in [0.05, 0.1) is 37.4 Å². The lowest BCUT2D eigenvalue weighted by molar-refractivity contribution is -0.114. The molecule has 2 N–H and O–H groups in total. The largest absolute Gasteiger partial charge is 0.493 e. The highest BCUT2D eigenvalue weighted by molar-refractivity contribution is 7.92. The zero-order chi connectivity index (χ0) is 27.9. The summed E-state index contributed by atoms with van der Waals surface area (Å²) in [6.07, 6.45) is 1.56. The van der Waals surface area contributed by atoms with Gasteiger partial charge in [0.15, 0.2) is 11.5 Å². The number of ether oxygens (including phenoxy) is 2. The van der Waals surface area contributed by atoms with Gasteiger partial charge in [0.1, 0.15) is 6.54 Å². The molecule has 0 atom stereocenters. The second kappa shape index (κ2) is 12.7. The number of para-hydroxylation sites is 1. The van der Waals surface area contributed by atoms with Crippen LogP contribution in [0, 0.1) is 6.92 Å². The number of anilines is 2. The van der Waals surface area contributed by atoms with Gasteiger partial charge in [-0.05, 0) is 60.9 Å². The van der Waals surface area contributed by atoms with Crippen molar-refractivity contribution in [1.29, 1.82) is 0 Å². The number of halogens is 1. The lowest BCUT2D eigenvalue weighted by Crippen LogP contribution is -2.38. The van der Waals surface area contributed by atoms with Gasteiger partial charge in [0.2, 0.25) is 15.9 Å². The Morgan fingerprint density at radius 3 is 2.37 bits per heavy atom. The predicted molar refractivity (Wildman–Crippen MR) is 149 cm³/mol. The van der Waals surface area contributed by atoms with Crippen molar-refractivity contribution in [3.63, 3.8) is 0 Å². The van der Waals surface area contributed by atoms with Gasteiger partial charge in [0.25, 0.3) is 5.91 Å². The molecule has 0 spiro atoms. The van der Waals surface area contributed by atoms with Crippen LogP contribution in [0.3, 0.4) is 0 Å². The second-order valence-corrected chi connectivity index (χ2v) is 10.8. The number of rotatable bonds is 11. The lowest BCUT2D eigenvalue weighted by atomic mass is 10.1. The average Bonchev–Trinajstić information content (AvgIpc) is 2.88. The smallest absolute Gasteiger partial charge is 0.253 e. The van der Waals surface area contributed by atoms with Crippen LogP contribution in [0.5, 0.6) is 11.5 Å². The summed E-state index contributed by atoms with van der Waals surface area (Å²) in [5, 5.41) is 5.89. The molecule has 0 heterocycles. The van der Waals surface area contributed by atoms with Gasteiger partial charge in [-0.15, -0.1) is 0 Å². The fraction of sp³-hybridized carbons (Fsp3) is 0.259. The fourth-order valence-electron chi connectivity index (χ4n) is 3.81. The topological polar surface area (TPSA) is 114 Å². The van der Waals surface area contributed by atoms with Gasteiger partial charge < -0.3 is 20.1 Å². The Kier molecular flexibility index (Phi) is 9.60. The molecule has 0 saturated carbocycles. The van der Waals surface area contributed by atoms with Gasteiger partial charge in [-0.2, -0.15) is 0 Å². The summed E-state index contributed by atoms with van der Waals surface area (Å²) in [5.41, 5.74) is 2.29. The standard InChI is InChI=1S/C27H30ClN3O6S/c1-18-21(28)9-7-11-23(18)31(38(4,34)35)17-26(32)30-22-10-6-5-8-20(22)27(33)29-15-14-19-12-13-24(36-2)25(16-19)37-3/h5-13,16H,14-15,17H2,1-4H3,(H,29,33)(H,30,32). The number of nitrogens with zero attached hydrogens (tertiary/aromatic N) is 1. The number of methoxy groups -OCH3 is 2. The molecule has 0 aromatic heterocycles. The van der Waals surface area contributed by atoms with Gasteiger partial charge in [0, 0.05) is 11.6 Å². The summed E-state index contributed by atoms with van der Waals surface area (Å²) in [6.45, 7) is 1.52. The summed E-state index contributed by atoms with van der Waals surface area (Å²) in [7, 11) is -0.685. The van der Waals surface area contributed by atoms with Crippen molar-refractivity contribution in [3.8, 4) is 11.5 Å². The predicted octanol–water partition coefficient (Wildman–Crippen LogP) is 4.04. The van der Waals surface area contributed by atoms with E-state index in [0.717, 1.165) is 16.1 Å². The molecular weight excluding hydrogens is 530 g/mol. The molecule has 0 bridgehead atoms. The summed E-state index contributed by atoms with van der Waals surface area (Å²) in [4.78, 5) is 25.8. The zero-order valence-corrected chi connectivity index (χ0v) is 23.2. The number of nitrogens with one attached hydrogen (secondary N) is 2. The van der Waals surface area contributed by atoms with E-state index < -0.39 is 22.5 Å². The highest BCUT2D eigenvalue weighted by atomic mass is 35.5. The molecule has 0 radical (unpaired) electrons. The van der Waals surface area contributed by atoms with Crippen molar-refractivity contribution in [2.75, 3.05) is 43.2 Å². The third kappa shape index (κ3) is 7.17. The maximum Gasteiger partial charge on any atom is 0.253 e. The molecule has 38 heavy (non-hydrogen) atoms. The monoisotopic (exact) mass is 559 g/mol. The fourth-order valence-corrected chi connectivity index (χ4v) is 4.89. The molecule has 0 saturated heterocycles. The minimum Gasteiger partial charge on any atom is -0.493 e. The van der Waals surface area contributed by atoms with Gasteiger partial charge in [-0.1, -0.05) is 35.9 Å². The van der Waals surface area contributed by atoms with E-state index >= 15 is 0 Å². The number of carbonyl (C=O) groups excluding carboxylic acids is 2. The third-order valence-corrected chi connectivity index (χ3v) is 7.32. The first kappa shape index (κ1) is 28.8. The van der Waals surface area contributed by atoms with E-state index in [1.807, 2.05) is 12.1 Å². The molecule has 2 amide bonds. The zero-order valence-electron chi connectivity index (χ0n) is 21.6. The number of hydrogen-bond donors (Lipinski definition) is 2. The van der Waals surface area contributed by atoms with E-state index in [1.54, 1.807) is 69.7 Å². The van der Waals surface area contributed by atoms with E-state index in [0.29, 0.717) is 40.7 Å². The summed E-state index contributed by atoms with van der Waals surface area (Å²) in [5.74, 6) is 0.220. The first-order valence-electron chi connectivity index (χ1n) is 11.7. The molecule has 11 heteroatoms. The summed E-state index contributed by atoms with van der Waals surface area (Å²) >= 11 is 6.16. The molecule has 0 aliphatic rings. The molecule has 3 rings (SSSR count). The minimum absolute atomic E-state index is 0.248. The van der Waals surface area contributed by atoms with Crippen molar-refractivity contribution in [3.05, 3.63) is 82.4 Å². The number of amides is 2. The maximum absolute atomic E-state index is 12.9. The van der Waals surface area contributed by atoms with Gasteiger partial charge >= 0.3 is 0 Å². The maximum atomic E-state index is 12.9. The number of sulfonamides is 1. The molecule has 0 fully saturated rings. The quantitative estimate of drug-likeness (QED) is 0.366. The molecule has 0 aliphatic carbocycles. The SMILES string of the molecule is COc1ccc(CCNC(=O)c2ccccc2NC(=O)CN(c2cccc(Cl)c2C)S(C)(=O)=O)cc1OC. The molecule has 3 aromatic rings. The molecule has 9 nitrogen and oxygen atoms in total. The van der Waals surface area contributed by atoms with Crippen LogP contribution in [0.2, 0.25) is 5.02 Å². The summed E-state index contributed by atoms with van der Waals surface area (Å²) < 4.78 is 36.5. The van der Waals surface area contributed by atoms with Crippen LogP contribution < -0.4 is 24.4 Å². The number of hydrogen-bond acceptors (Lipinski definition) is 6. The third-order valence-electron chi connectivity index (χ3n) is 5.79. The molecular formula is C27H30ClN3O6S. The van der Waals surface area contributed by atoms with Crippen molar-refractivity contribution < 1.29 is 27.5 Å². The highest BCUT2D eigenvalue weighted by Crippen LogP contribution is 2.29. The Balaban J connectivity index is 1.69. The Morgan fingerprint density at radius 1 is 0.974 bits per heavy atom. The van der Waals surface area contributed by atoms with Crippen LogP contribution >= 0.6 is 11.6 Å². The van der Waals surface area contributed by atoms with E-state index in [1.165, 1.54) is 0 Å². The van der Waals surface area contributed by atoms with Crippen LogP contribution in [-0.2, 0) is 21.2 Å². The van der Waals surface area contributed by atoms with Gasteiger partial charge in [-0.25, -0.2) is 8.42 Å². The van der Waals surface area contributed by atoms with Crippen molar-refractivity contribution in [1.82, 2.24) is 5.32 Å². The first-order chi connectivity index (χ1) is 18.0.